The maximum absolute atomic E-state index is 2.54. The van der Waals surface area contributed by atoms with Crippen LogP contribution in [0.4, 0.5) is 17.1 Å². The van der Waals surface area contributed by atoms with Crippen molar-refractivity contribution in [1.82, 2.24) is 0 Å². The van der Waals surface area contributed by atoms with Gasteiger partial charge in [0, 0.05) is 16.9 Å². The number of rotatable bonds is 5. The summed E-state index contributed by atoms with van der Waals surface area (Å²) in [6.07, 6.45) is 0. The quantitative estimate of drug-likeness (QED) is 0.157. The molecule has 1 spiro atoms. The van der Waals surface area contributed by atoms with Crippen LogP contribution in [-0.4, -0.2) is 0 Å². The fraction of sp³-hybridized carbons (Fsp3) is 0.0164. The van der Waals surface area contributed by atoms with Crippen molar-refractivity contribution in [3.63, 3.8) is 0 Å². The molecule has 0 aliphatic heterocycles. The summed E-state index contributed by atoms with van der Waals surface area (Å²) in [6.45, 7) is 0. The number of hydrogen-bond donors (Lipinski definition) is 0. The zero-order valence-corrected chi connectivity index (χ0v) is 34.0. The van der Waals surface area contributed by atoms with Gasteiger partial charge in [-0.2, -0.15) is 0 Å². The van der Waals surface area contributed by atoms with E-state index in [-0.39, 0.29) is 0 Å². The Bertz CT molecular complexity index is 3480. The molecule has 0 bridgehead atoms. The number of anilines is 3. The summed E-state index contributed by atoms with van der Waals surface area (Å²) >= 11 is 0. The zero-order chi connectivity index (χ0) is 40.8. The second kappa shape index (κ2) is 13.5. The molecule has 1 heteroatoms. The highest BCUT2D eigenvalue weighted by molar-refractivity contribution is 6.26. The Balaban J connectivity index is 1.10. The van der Waals surface area contributed by atoms with Crippen molar-refractivity contribution < 1.29 is 0 Å². The monoisotopic (exact) mass is 785 g/mol. The summed E-state index contributed by atoms with van der Waals surface area (Å²) in [7, 11) is 0. The van der Waals surface area contributed by atoms with E-state index in [4.69, 9.17) is 0 Å². The molecule has 288 valence electrons. The Kier molecular flexibility index (Phi) is 7.59. The molecule has 13 rings (SSSR count). The normalized spacial score (nSPS) is 13.0. The largest absolute Gasteiger partial charge is 0.310 e. The Morgan fingerprint density at radius 3 is 1.29 bits per heavy atom. The molecule has 0 saturated carbocycles. The first-order valence-electron chi connectivity index (χ1n) is 21.6. The van der Waals surface area contributed by atoms with E-state index >= 15 is 0 Å². The van der Waals surface area contributed by atoms with Crippen LogP contribution < -0.4 is 4.90 Å². The molecule has 0 amide bonds. The van der Waals surface area contributed by atoms with Crippen LogP contribution in [-0.2, 0) is 5.41 Å². The smallest absolute Gasteiger partial charge is 0.0746 e. The predicted molar refractivity (Wildman–Crippen MR) is 261 cm³/mol. The van der Waals surface area contributed by atoms with E-state index in [1.165, 1.54) is 105 Å². The van der Waals surface area contributed by atoms with Gasteiger partial charge < -0.3 is 4.90 Å². The van der Waals surface area contributed by atoms with Crippen LogP contribution in [0.5, 0.6) is 0 Å². The molecule has 62 heavy (non-hydrogen) atoms. The van der Waals surface area contributed by atoms with Crippen LogP contribution in [0.3, 0.4) is 0 Å². The molecule has 0 aromatic heterocycles. The van der Waals surface area contributed by atoms with Crippen molar-refractivity contribution in [2.75, 3.05) is 4.90 Å². The summed E-state index contributed by atoms with van der Waals surface area (Å²) in [4.78, 5) is 2.54. The maximum atomic E-state index is 2.54. The van der Waals surface area contributed by atoms with E-state index < -0.39 is 5.41 Å². The fourth-order valence-corrected chi connectivity index (χ4v) is 11.1. The maximum Gasteiger partial charge on any atom is 0.0746 e. The molecule has 0 atom stereocenters. The lowest BCUT2D eigenvalue weighted by Crippen LogP contribution is -2.28. The average Bonchev–Trinajstić information content (AvgIpc) is 3.82. The fourth-order valence-electron chi connectivity index (χ4n) is 11.1. The first-order valence-corrected chi connectivity index (χ1v) is 21.6. The van der Waals surface area contributed by atoms with Gasteiger partial charge in [-0.15, -0.1) is 0 Å². The van der Waals surface area contributed by atoms with Crippen LogP contribution in [0.1, 0.15) is 22.3 Å². The van der Waals surface area contributed by atoms with Crippen LogP contribution in [0, 0.1) is 0 Å². The molecule has 0 radical (unpaired) electrons. The lowest BCUT2D eigenvalue weighted by Gasteiger charge is -2.36. The van der Waals surface area contributed by atoms with Crippen molar-refractivity contribution in [3.8, 4) is 44.5 Å². The van der Waals surface area contributed by atoms with Crippen LogP contribution >= 0.6 is 0 Å². The summed E-state index contributed by atoms with van der Waals surface area (Å²) in [5.41, 5.74) is 18.2. The van der Waals surface area contributed by atoms with E-state index in [1.54, 1.807) is 0 Å². The van der Waals surface area contributed by atoms with E-state index in [0.717, 1.165) is 11.4 Å². The van der Waals surface area contributed by atoms with Gasteiger partial charge in [0.2, 0.25) is 0 Å². The third-order valence-corrected chi connectivity index (χ3v) is 13.6. The molecule has 2 aliphatic rings. The summed E-state index contributed by atoms with van der Waals surface area (Å²) in [6, 6.07) is 87.9. The number of benzene rings is 11. The van der Waals surface area contributed by atoms with Gasteiger partial charge in [-0.25, -0.2) is 0 Å². The summed E-state index contributed by atoms with van der Waals surface area (Å²) in [5, 5.41) is 7.60. The molecule has 2 aliphatic carbocycles. The Morgan fingerprint density at radius 2 is 0.677 bits per heavy atom. The number of fused-ring (bicyclic) bond motifs is 16. The highest BCUT2D eigenvalue weighted by Crippen LogP contribution is 2.65. The van der Waals surface area contributed by atoms with Crippen molar-refractivity contribution in [2.45, 2.75) is 5.41 Å². The lowest BCUT2D eigenvalue weighted by atomic mass is 9.70. The molecule has 0 unspecified atom stereocenters. The first-order chi connectivity index (χ1) is 30.8. The molecule has 0 saturated heterocycles. The topological polar surface area (TPSA) is 3.24 Å². The van der Waals surface area contributed by atoms with Gasteiger partial charge in [-0.05, 0) is 124 Å². The van der Waals surface area contributed by atoms with Crippen molar-refractivity contribution in [3.05, 3.63) is 259 Å². The van der Waals surface area contributed by atoms with Gasteiger partial charge in [0.1, 0.15) is 0 Å². The van der Waals surface area contributed by atoms with E-state index in [2.05, 4.69) is 241 Å². The number of hydrogen-bond acceptors (Lipinski definition) is 1. The average molecular weight is 786 g/mol. The molecule has 11 aromatic rings. The first kappa shape index (κ1) is 34.8. The van der Waals surface area contributed by atoms with Gasteiger partial charge >= 0.3 is 0 Å². The highest BCUT2D eigenvalue weighted by Gasteiger charge is 2.53. The van der Waals surface area contributed by atoms with Gasteiger partial charge in [-0.3, -0.25) is 0 Å². The molecule has 1 nitrogen and oxygen atoms in total. The van der Waals surface area contributed by atoms with E-state index in [1.807, 2.05) is 0 Å². The molecule has 11 aromatic carbocycles. The van der Waals surface area contributed by atoms with Crippen LogP contribution in [0.25, 0.3) is 76.8 Å². The third-order valence-electron chi connectivity index (χ3n) is 13.6. The van der Waals surface area contributed by atoms with E-state index in [0.29, 0.717) is 0 Å². The van der Waals surface area contributed by atoms with Gasteiger partial charge in [-0.1, -0.05) is 206 Å². The molecular formula is C61H39N. The van der Waals surface area contributed by atoms with Gasteiger partial charge in [0.15, 0.2) is 0 Å². The van der Waals surface area contributed by atoms with Crippen molar-refractivity contribution in [1.29, 1.82) is 0 Å². The van der Waals surface area contributed by atoms with Crippen molar-refractivity contribution in [2.24, 2.45) is 0 Å². The van der Waals surface area contributed by atoms with E-state index in [9.17, 15) is 0 Å². The zero-order valence-electron chi connectivity index (χ0n) is 34.0. The Hall–Kier alpha value is -8.00. The summed E-state index contributed by atoms with van der Waals surface area (Å²) in [5.74, 6) is 0. The Labute approximate surface area is 361 Å². The van der Waals surface area contributed by atoms with Gasteiger partial charge in [0.05, 0.1) is 11.1 Å². The SMILES string of the molecule is c1ccc(-c2ccc(-c3cccc(N(c4ccc5c6ccccc6c6ccccc6c5c4)c4cccc5c4C4(c6ccccc6-c6ccccc64)c4ccccc4-5)c3)cc2)cc1. The molecule has 0 heterocycles. The second-order valence-corrected chi connectivity index (χ2v) is 16.7. The third kappa shape index (κ3) is 4.91. The standard InChI is InChI=1S/C61H39N/c1-2-16-40(17-3-1)41-32-34-42(35-33-41)43-18-14-19-44(38-43)62(45-36-37-50-48-22-5-4-20-46(48)47-21-6-7-23-49(47)55(50)39-45)59-31-15-27-54-53-26-10-13-30-58(53)61(60(54)59)56-28-11-8-24-51(56)52-25-9-12-29-57(52)61/h1-39H. The van der Waals surface area contributed by atoms with Crippen molar-refractivity contribution >= 4 is 49.4 Å². The molecular weight excluding hydrogens is 747 g/mol. The number of nitrogens with zero attached hydrogens (tertiary/aromatic N) is 1. The minimum atomic E-state index is -0.515. The lowest BCUT2D eigenvalue weighted by molar-refractivity contribution is 0.793. The van der Waals surface area contributed by atoms with Crippen LogP contribution in [0.15, 0.2) is 237 Å². The minimum Gasteiger partial charge on any atom is -0.310 e. The van der Waals surface area contributed by atoms with Gasteiger partial charge in [0.25, 0.3) is 0 Å². The predicted octanol–water partition coefficient (Wildman–Crippen LogP) is 16.3. The highest BCUT2D eigenvalue weighted by atomic mass is 15.1. The summed E-state index contributed by atoms with van der Waals surface area (Å²) < 4.78 is 0. The minimum absolute atomic E-state index is 0.515. The molecule has 0 fully saturated rings. The van der Waals surface area contributed by atoms with Crippen LogP contribution in [0.2, 0.25) is 0 Å². The Morgan fingerprint density at radius 1 is 0.258 bits per heavy atom. The second-order valence-electron chi connectivity index (χ2n) is 16.7. The molecule has 0 N–H and O–H groups in total.